The molecule has 2 aromatic rings. The molecule has 0 bridgehead atoms. The predicted octanol–water partition coefficient (Wildman–Crippen LogP) is 3.22. The van der Waals surface area contributed by atoms with Gasteiger partial charge in [-0.2, -0.15) is 10.4 Å². The molecule has 0 saturated carbocycles. The Morgan fingerprint density at radius 1 is 1.44 bits per heavy atom. The van der Waals surface area contributed by atoms with E-state index in [0.717, 1.165) is 6.54 Å². The first-order chi connectivity index (χ1) is 8.60. The van der Waals surface area contributed by atoms with Crippen molar-refractivity contribution in [3.8, 4) is 17.2 Å². The summed E-state index contributed by atoms with van der Waals surface area (Å²) in [5, 5.41) is 13.0. The topological polar surface area (TPSA) is 41.6 Å². The number of hydrogen-bond acceptors (Lipinski definition) is 2. The number of halogens is 1. The second-order valence-corrected chi connectivity index (χ2v) is 4.65. The molecule has 18 heavy (non-hydrogen) atoms. The van der Waals surface area contributed by atoms with E-state index in [9.17, 15) is 4.39 Å². The summed E-state index contributed by atoms with van der Waals surface area (Å²) in [5.74, 6) is 0.145. The Hall–Kier alpha value is -2.15. The van der Waals surface area contributed by atoms with Crippen LogP contribution in [0.15, 0.2) is 30.6 Å². The second kappa shape index (κ2) is 5.01. The van der Waals surface area contributed by atoms with Crippen LogP contribution in [0, 0.1) is 23.1 Å². The molecule has 92 valence electrons. The van der Waals surface area contributed by atoms with Crippen LogP contribution >= 0.6 is 0 Å². The molecule has 0 atom stereocenters. The summed E-state index contributed by atoms with van der Waals surface area (Å²) in [6.45, 7) is 4.98. The van der Waals surface area contributed by atoms with Gasteiger partial charge in [-0.3, -0.25) is 4.68 Å². The van der Waals surface area contributed by atoms with Gasteiger partial charge in [0.1, 0.15) is 5.82 Å². The van der Waals surface area contributed by atoms with Gasteiger partial charge in [0.15, 0.2) is 0 Å². The van der Waals surface area contributed by atoms with Crippen LogP contribution < -0.4 is 0 Å². The molecule has 4 heteroatoms. The summed E-state index contributed by atoms with van der Waals surface area (Å²) in [4.78, 5) is 0. The largest absolute Gasteiger partial charge is 0.272 e. The highest BCUT2D eigenvalue weighted by molar-refractivity contribution is 5.64. The fourth-order valence-corrected chi connectivity index (χ4v) is 1.79. The first kappa shape index (κ1) is 12.3. The smallest absolute Gasteiger partial charge is 0.131 e. The number of rotatable bonds is 3. The molecule has 1 aromatic heterocycles. The summed E-state index contributed by atoms with van der Waals surface area (Å²) in [5.41, 5.74) is 1.57. The second-order valence-electron chi connectivity index (χ2n) is 4.65. The van der Waals surface area contributed by atoms with Gasteiger partial charge in [-0.1, -0.05) is 13.8 Å². The van der Waals surface area contributed by atoms with E-state index in [1.807, 2.05) is 6.07 Å². The lowest BCUT2D eigenvalue weighted by Gasteiger charge is -2.04. The van der Waals surface area contributed by atoms with Crippen molar-refractivity contribution < 1.29 is 4.39 Å². The summed E-state index contributed by atoms with van der Waals surface area (Å²) in [6.07, 6.45) is 3.43. The lowest BCUT2D eigenvalue weighted by molar-refractivity contribution is 0.483. The van der Waals surface area contributed by atoms with Crippen LogP contribution in [0.25, 0.3) is 11.1 Å². The van der Waals surface area contributed by atoms with Gasteiger partial charge in [0.2, 0.25) is 0 Å². The maximum absolute atomic E-state index is 13.7. The normalized spacial score (nSPS) is 10.6. The van der Waals surface area contributed by atoms with Crippen LogP contribution in [-0.2, 0) is 6.54 Å². The van der Waals surface area contributed by atoms with Gasteiger partial charge >= 0.3 is 0 Å². The van der Waals surface area contributed by atoms with E-state index in [2.05, 4.69) is 18.9 Å². The van der Waals surface area contributed by atoms with Gasteiger partial charge in [0.25, 0.3) is 0 Å². The first-order valence-corrected chi connectivity index (χ1v) is 5.82. The van der Waals surface area contributed by atoms with Crippen LogP contribution in [-0.4, -0.2) is 9.78 Å². The van der Waals surface area contributed by atoms with Crippen molar-refractivity contribution in [2.75, 3.05) is 0 Å². The number of benzene rings is 1. The van der Waals surface area contributed by atoms with Crippen LogP contribution in [0.4, 0.5) is 4.39 Å². The summed E-state index contributed by atoms with van der Waals surface area (Å²) >= 11 is 0. The molecule has 0 saturated heterocycles. The molecule has 1 heterocycles. The molecule has 0 radical (unpaired) electrons. The van der Waals surface area contributed by atoms with Crippen molar-refractivity contribution in [1.82, 2.24) is 9.78 Å². The lowest BCUT2D eigenvalue weighted by atomic mass is 10.1. The third kappa shape index (κ3) is 2.57. The highest BCUT2D eigenvalue weighted by atomic mass is 19.1. The average Bonchev–Trinajstić information content (AvgIpc) is 2.77. The maximum atomic E-state index is 13.7. The third-order valence-corrected chi connectivity index (χ3v) is 2.59. The quantitative estimate of drug-likeness (QED) is 0.830. The number of nitrogens with zero attached hydrogens (tertiary/aromatic N) is 3. The zero-order chi connectivity index (χ0) is 13.1. The maximum Gasteiger partial charge on any atom is 0.131 e. The molecule has 2 rings (SSSR count). The number of hydrogen-bond donors (Lipinski definition) is 0. The summed E-state index contributed by atoms with van der Waals surface area (Å²) in [7, 11) is 0. The van der Waals surface area contributed by atoms with Gasteiger partial charge in [0.05, 0.1) is 17.8 Å². The Kier molecular flexibility index (Phi) is 3.42. The minimum atomic E-state index is -0.335. The SMILES string of the molecule is CC(C)Cn1cc(-c2cc(C#N)ccc2F)cn1. The summed E-state index contributed by atoms with van der Waals surface area (Å²) < 4.78 is 15.5. The molecule has 0 aliphatic rings. The highest BCUT2D eigenvalue weighted by Crippen LogP contribution is 2.23. The highest BCUT2D eigenvalue weighted by Gasteiger charge is 2.09. The van der Waals surface area contributed by atoms with E-state index < -0.39 is 0 Å². The van der Waals surface area contributed by atoms with E-state index >= 15 is 0 Å². The molecule has 0 fully saturated rings. The van der Waals surface area contributed by atoms with Crippen molar-refractivity contribution in [2.24, 2.45) is 5.92 Å². The Morgan fingerprint density at radius 3 is 2.89 bits per heavy atom. The molecule has 0 spiro atoms. The van der Waals surface area contributed by atoms with Crippen molar-refractivity contribution >= 4 is 0 Å². The fourth-order valence-electron chi connectivity index (χ4n) is 1.79. The van der Waals surface area contributed by atoms with Crippen LogP contribution in [0.2, 0.25) is 0 Å². The molecule has 0 amide bonds. The van der Waals surface area contributed by atoms with Gasteiger partial charge < -0.3 is 0 Å². The predicted molar refractivity (Wildman–Crippen MR) is 67.2 cm³/mol. The van der Waals surface area contributed by atoms with Gasteiger partial charge in [-0.15, -0.1) is 0 Å². The Labute approximate surface area is 105 Å². The monoisotopic (exact) mass is 243 g/mol. The van der Waals surface area contributed by atoms with E-state index in [1.165, 1.54) is 12.1 Å². The molecule has 0 unspecified atom stereocenters. The molecule has 1 aromatic carbocycles. The number of nitriles is 1. The molecule has 0 aliphatic carbocycles. The van der Waals surface area contributed by atoms with Gasteiger partial charge in [-0.25, -0.2) is 4.39 Å². The van der Waals surface area contributed by atoms with Crippen molar-refractivity contribution in [2.45, 2.75) is 20.4 Å². The molecule has 0 N–H and O–H groups in total. The Balaban J connectivity index is 2.37. The molecular formula is C14H14FN3. The average molecular weight is 243 g/mol. The summed E-state index contributed by atoms with van der Waals surface area (Å²) in [6, 6.07) is 6.34. The Morgan fingerprint density at radius 2 is 2.22 bits per heavy atom. The number of aromatic nitrogens is 2. The fraction of sp³-hybridized carbons (Fsp3) is 0.286. The van der Waals surface area contributed by atoms with Crippen molar-refractivity contribution in [3.05, 3.63) is 42.0 Å². The van der Waals surface area contributed by atoms with E-state index in [1.54, 1.807) is 23.1 Å². The zero-order valence-corrected chi connectivity index (χ0v) is 10.4. The minimum Gasteiger partial charge on any atom is -0.272 e. The molecular weight excluding hydrogens is 229 g/mol. The van der Waals surface area contributed by atoms with Crippen molar-refractivity contribution in [1.29, 1.82) is 5.26 Å². The van der Waals surface area contributed by atoms with Crippen LogP contribution in [0.5, 0.6) is 0 Å². The first-order valence-electron chi connectivity index (χ1n) is 5.82. The van der Waals surface area contributed by atoms with E-state index in [-0.39, 0.29) is 5.82 Å². The molecule has 3 nitrogen and oxygen atoms in total. The Bertz CT molecular complexity index is 593. The van der Waals surface area contributed by atoms with Crippen LogP contribution in [0.1, 0.15) is 19.4 Å². The van der Waals surface area contributed by atoms with E-state index in [4.69, 9.17) is 5.26 Å². The third-order valence-electron chi connectivity index (χ3n) is 2.59. The lowest BCUT2D eigenvalue weighted by Crippen LogP contribution is -2.04. The van der Waals surface area contributed by atoms with Gasteiger partial charge in [0, 0.05) is 23.9 Å². The van der Waals surface area contributed by atoms with Crippen LogP contribution in [0.3, 0.4) is 0 Å². The standard InChI is InChI=1S/C14H14FN3/c1-10(2)8-18-9-12(7-17-18)13-5-11(6-16)3-4-14(13)15/h3-5,7,9-10H,8H2,1-2H3. The van der Waals surface area contributed by atoms with Gasteiger partial charge in [-0.05, 0) is 24.1 Å². The minimum absolute atomic E-state index is 0.335. The van der Waals surface area contributed by atoms with E-state index in [0.29, 0.717) is 22.6 Å². The molecule has 0 aliphatic heterocycles. The zero-order valence-electron chi connectivity index (χ0n) is 10.4. The van der Waals surface area contributed by atoms with Crippen molar-refractivity contribution in [3.63, 3.8) is 0 Å².